The number of carbonyl (C=O) groups is 1. The summed E-state index contributed by atoms with van der Waals surface area (Å²) in [6.07, 6.45) is 0. The smallest absolute Gasteiger partial charge is 0.248 e. The van der Waals surface area contributed by atoms with Crippen LogP contribution in [0.1, 0.15) is 24.1 Å². The van der Waals surface area contributed by atoms with Crippen molar-refractivity contribution in [2.24, 2.45) is 5.73 Å². The third-order valence-electron chi connectivity index (χ3n) is 4.62. The molecular formula is C20H18FN5O2S. The van der Waals surface area contributed by atoms with Gasteiger partial charge in [0.25, 0.3) is 0 Å². The molecule has 0 aliphatic carbocycles. The summed E-state index contributed by atoms with van der Waals surface area (Å²) in [6.45, 7) is 1.75. The maximum absolute atomic E-state index is 13.9. The van der Waals surface area contributed by atoms with Crippen LogP contribution in [0.4, 0.5) is 10.3 Å². The van der Waals surface area contributed by atoms with Gasteiger partial charge in [0.15, 0.2) is 0 Å². The Hall–Kier alpha value is -3.33. The normalized spacial score (nSPS) is 15.7. The number of primary amides is 1. The van der Waals surface area contributed by atoms with Crippen LogP contribution < -0.4 is 11.1 Å². The van der Waals surface area contributed by atoms with Gasteiger partial charge in [0, 0.05) is 11.4 Å². The summed E-state index contributed by atoms with van der Waals surface area (Å²) in [5.74, 6) is 0.0904. The van der Waals surface area contributed by atoms with Gasteiger partial charge in [-0.1, -0.05) is 42.1 Å². The molecule has 29 heavy (non-hydrogen) atoms. The van der Waals surface area contributed by atoms with Crippen LogP contribution in [0.25, 0.3) is 0 Å². The fourth-order valence-corrected chi connectivity index (χ4v) is 4.05. The molecule has 1 atom stereocenters. The van der Waals surface area contributed by atoms with Gasteiger partial charge in [-0.15, -0.1) is 5.10 Å². The maximum atomic E-state index is 13.9. The molecule has 0 fully saturated rings. The molecule has 0 saturated heterocycles. The highest BCUT2D eigenvalue weighted by atomic mass is 32.2. The first-order valence-corrected chi connectivity index (χ1v) is 9.82. The van der Waals surface area contributed by atoms with E-state index >= 15 is 0 Å². The van der Waals surface area contributed by atoms with Crippen molar-refractivity contribution >= 4 is 23.6 Å². The number of halogens is 1. The zero-order chi connectivity index (χ0) is 20.5. The summed E-state index contributed by atoms with van der Waals surface area (Å²) in [7, 11) is 0. The number of nitrogens with zero attached hydrogens (tertiary/aromatic N) is 3. The van der Waals surface area contributed by atoms with Gasteiger partial charge >= 0.3 is 0 Å². The number of allylic oxidation sites excluding steroid dienone is 1. The molecule has 9 heteroatoms. The predicted molar refractivity (Wildman–Crippen MR) is 108 cm³/mol. The van der Waals surface area contributed by atoms with E-state index in [0.717, 1.165) is 5.56 Å². The zero-order valence-electron chi connectivity index (χ0n) is 15.5. The molecular weight excluding hydrogens is 393 g/mol. The van der Waals surface area contributed by atoms with Crippen molar-refractivity contribution in [2.45, 2.75) is 23.9 Å². The number of anilines is 1. The number of phenols is 1. The lowest BCUT2D eigenvalue weighted by molar-refractivity contribution is -0.115. The minimum absolute atomic E-state index is 0.115. The summed E-state index contributed by atoms with van der Waals surface area (Å²) < 4.78 is 15.5. The Morgan fingerprint density at radius 2 is 2.00 bits per heavy atom. The number of carbonyl (C=O) groups excluding carboxylic acids is 1. The number of hydrogen-bond donors (Lipinski definition) is 3. The largest absolute Gasteiger partial charge is 0.508 e. The van der Waals surface area contributed by atoms with Crippen LogP contribution in [0.3, 0.4) is 0 Å². The van der Waals surface area contributed by atoms with Crippen molar-refractivity contribution in [1.82, 2.24) is 14.8 Å². The molecule has 0 bridgehead atoms. The number of nitrogens with two attached hydrogens (primary N) is 1. The monoisotopic (exact) mass is 411 g/mol. The zero-order valence-corrected chi connectivity index (χ0v) is 16.3. The Bertz CT molecular complexity index is 1110. The Kier molecular flexibility index (Phi) is 4.98. The lowest BCUT2D eigenvalue weighted by atomic mass is 9.95. The van der Waals surface area contributed by atoms with Gasteiger partial charge in [-0.2, -0.15) is 4.98 Å². The van der Waals surface area contributed by atoms with Crippen LogP contribution >= 0.6 is 11.8 Å². The lowest BCUT2D eigenvalue weighted by Gasteiger charge is -2.27. The molecule has 1 aliphatic rings. The number of aromatic nitrogens is 3. The Morgan fingerprint density at radius 3 is 2.69 bits per heavy atom. The average molecular weight is 411 g/mol. The molecule has 1 amide bonds. The molecule has 148 valence electrons. The second kappa shape index (κ2) is 7.59. The molecule has 0 unspecified atom stereocenters. The van der Waals surface area contributed by atoms with E-state index in [1.807, 2.05) is 0 Å². The number of benzene rings is 2. The molecule has 0 radical (unpaired) electrons. The maximum Gasteiger partial charge on any atom is 0.248 e. The van der Waals surface area contributed by atoms with E-state index in [1.165, 1.54) is 30.0 Å². The van der Waals surface area contributed by atoms with Gasteiger partial charge in [-0.25, -0.2) is 9.07 Å². The fourth-order valence-electron chi connectivity index (χ4n) is 3.23. The van der Waals surface area contributed by atoms with Crippen molar-refractivity contribution in [1.29, 1.82) is 0 Å². The second-order valence-electron chi connectivity index (χ2n) is 6.56. The van der Waals surface area contributed by atoms with E-state index in [0.29, 0.717) is 33.7 Å². The summed E-state index contributed by atoms with van der Waals surface area (Å²) >= 11 is 1.29. The highest BCUT2D eigenvalue weighted by Gasteiger charge is 2.33. The first kappa shape index (κ1) is 19.0. The van der Waals surface area contributed by atoms with Gasteiger partial charge < -0.3 is 16.2 Å². The predicted octanol–water partition coefficient (Wildman–Crippen LogP) is 3.19. The van der Waals surface area contributed by atoms with E-state index < -0.39 is 11.9 Å². The quantitative estimate of drug-likeness (QED) is 0.557. The van der Waals surface area contributed by atoms with Crippen LogP contribution in [0.2, 0.25) is 0 Å². The molecule has 2 aromatic carbocycles. The number of aromatic hydroxyl groups is 1. The molecule has 4 rings (SSSR count). The number of fused-ring (bicyclic) bond motifs is 1. The summed E-state index contributed by atoms with van der Waals surface area (Å²) in [5.41, 5.74) is 7.87. The van der Waals surface area contributed by atoms with E-state index in [4.69, 9.17) is 5.73 Å². The molecule has 0 saturated carbocycles. The van der Waals surface area contributed by atoms with Crippen LogP contribution in [-0.2, 0) is 10.5 Å². The number of hydrogen-bond acceptors (Lipinski definition) is 6. The average Bonchev–Trinajstić information content (AvgIpc) is 3.09. The molecule has 3 aromatic rings. The fraction of sp³-hybridized carbons (Fsp3) is 0.150. The Balaban J connectivity index is 1.69. The third kappa shape index (κ3) is 3.68. The molecule has 1 aliphatic heterocycles. The Morgan fingerprint density at radius 1 is 1.28 bits per heavy atom. The van der Waals surface area contributed by atoms with Gasteiger partial charge in [-0.3, -0.25) is 4.79 Å². The van der Waals surface area contributed by atoms with Crippen molar-refractivity contribution in [3.63, 3.8) is 0 Å². The van der Waals surface area contributed by atoms with Crippen molar-refractivity contribution in [3.8, 4) is 5.75 Å². The molecule has 0 spiro atoms. The van der Waals surface area contributed by atoms with Crippen LogP contribution in [0.15, 0.2) is 65.0 Å². The number of thioether (sulfide) groups is 1. The van der Waals surface area contributed by atoms with Gasteiger partial charge in [-0.05, 0) is 36.2 Å². The van der Waals surface area contributed by atoms with Gasteiger partial charge in [0.1, 0.15) is 17.6 Å². The standard InChI is InChI=1S/C20H18FN5O2S/c1-11-16(18(22)28)17(12-6-8-14(27)9-7-12)26-19(23-11)24-20(25-26)29-10-13-4-2-3-5-15(13)21/h2-9,17,27H,10H2,1H3,(H2,22,28)(H,23,24,25)/t17-/m1/s1. The molecule has 1 aromatic heterocycles. The first-order chi connectivity index (χ1) is 13.9. The minimum Gasteiger partial charge on any atom is -0.508 e. The number of phenolic OH excluding ortho intramolecular Hbond substituents is 1. The van der Waals surface area contributed by atoms with E-state index in [2.05, 4.69) is 15.4 Å². The van der Waals surface area contributed by atoms with Crippen molar-refractivity contribution in [2.75, 3.05) is 5.32 Å². The molecule has 7 nitrogen and oxygen atoms in total. The third-order valence-corrected chi connectivity index (χ3v) is 5.51. The summed E-state index contributed by atoms with van der Waals surface area (Å²) in [5, 5.41) is 17.6. The first-order valence-electron chi connectivity index (χ1n) is 8.83. The number of rotatable bonds is 5. The minimum atomic E-state index is -0.584. The van der Waals surface area contributed by atoms with Gasteiger partial charge in [0.05, 0.1) is 5.57 Å². The van der Waals surface area contributed by atoms with Crippen LogP contribution in [0, 0.1) is 5.82 Å². The summed E-state index contributed by atoms with van der Waals surface area (Å²) in [4.78, 5) is 16.6. The van der Waals surface area contributed by atoms with Crippen molar-refractivity contribution < 1.29 is 14.3 Å². The molecule has 4 N–H and O–H groups in total. The SMILES string of the molecule is CC1=C(C(N)=O)[C@@H](c2ccc(O)cc2)n2nc(SCc3ccccc3F)nc2N1. The lowest BCUT2D eigenvalue weighted by Crippen LogP contribution is -2.31. The van der Waals surface area contributed by atoms with Crippen LogP contribution in [-0.4, -0.2) is 25.8 Å². The van der Waals surface area contributed by atoms with Crippen LogP contribution in [0.5, 0.6) is 5.75 Å². The topological polar surface area (TPSA) is 106 Å². The Labute approximate surface area is 170 Å². The van der Waals surface area contributed by atoms with E-state index in [1.54, 1.807) is 41.9 Å². The number of nitrogens with one attached hydrogen (secondary N) is 1. The highest BCUT2D eigenvalue weighted by molar-refractivity contribution is 7.98. The molecule has 2 heterocycles. The summed E-state index contributed by atoms with van der Waals surface area (Å²) in [6, 6.07) is 12.5. The van der Waals surface area contributed by atoms with Gasteiger partial charge in [0.2, 0.25) is 17.0 Å². The highest BCUT2D eigenvalue weighted by Crippen LogP contribution is 2.36. The van der Waals surface area contributed by atoms with E-state index in [9.17, 15) is 14.3 Å². The number of amides is 1. The second-order valence-corrected chi connectivity index (χ2v) is 7.51. The van der Waals surface area contributed by atoms with Crippen molar-refractivity contribution in [3.05, 3.63) is 76.7 Å². The van der Waals surface area contributed by atoms with E-state index in [-0.39, 0.29) is 11.6 Å².